The number of benzene rings is 1. The number of carbonyl (C=O) groups excluding carboxylic acids is 1. The number of carboxylic acid groups (broad SMARTS) is 1. The summed E-state index contributed by atoms with van der Waals surface area (Å²) in [4.78, 5) is 29.5. The predicted octanol–water partition coefficient (Wildman–Crippen LogP) is 2.13. The van der Waals surface area contributed by atoms with Crippen LogP contribution in [0.15, 0.2) is 18.2 Å². The van der Waals surface area contributed by atoms with E-state index in [0.717, 1.165) is 22.4 Å². The van der Waals surface area contributed by atoms with E-state index < -0.39 is 5.97 Å². The van der Waals surface area contributed by atoms with Gasteiger partial charge in [0, 0.05) is 12.8 Å². The van der Waals surface area contributed by atoms with Crippen LogP contribution in [-0.2, 0) is 16.1 Å². The van der Waals surface area contributed by atoms with Gasteiger partial charge >= 0.3 is 5.97 Å². The van der Waals surface area contributed by atoms with Crippen molar-refractivity contribution in [3.05, 3.63) is 29.6 Å². The van der Waals surface area contributed by atoms with Gasteiger partial charge in [-0.05, 0) is 37.5 Å². The fraction of sp³-hybridized carbons (Fsp3) is 0.400. The molecule has 2 aromatic rings. The first kappa shape index (κ1) is 15.0. The number of rotatable bonds is 7. The third-order valence-electron chi connectivity index (χ3n) is 3.18. The summed E-state index contributed by atoms with van der Waals surface area (Å²) in [5.74, 6) is -0.195. The van der Waals surface area contributed by atoms with Gasteiger partial charge in [-0.3, -0.25) is 9.59 Å². The number of aromatic nitrogens is 2. The SMILES string of the molecule is Cc1ccc2nc(CNC(=O)CCCCC(=O)O)[nH]c2c1. The zero-order valence-corrected chi connectivity index (χ0v) is 12.0. The number of hydrogen-bond donors (Lipinski definition) is 3. The summed E-state index contributed by atoms with van der Waals surface area (Å²) < 4.78 is 0. The smallest absolute Gasteiger partial charge is 0.303 e. The summed E-state index contributed by atoms with van der Waals surface area (Å²) >= 11 is 0. The maximum atomic E-state index is 11.6. The zero-order chi connectivity index (χ0) is 15.2. The van der Waals surface area contributed by atoms with Crippen LogP contribution in [0, 0.1) is 6.92 Å². The van der Waals surface area contributed by atoms with Gasteiger partial charge < -0.3 is 15.4 Å². The molecule has 0 atom stereocenters. The number of aryl methyl sites for hydroxylation is 1. The van der Waals surface area contributed by atoms with Crippen molar-refractivity contribution in [3.63, 3.8) is 0 Å². The molecular weight excluding hydrogens is 270 g/mol. The average molecular weight is 289 g/mol. The van der Waals surface area contributed by atoms with E-state index in [1.807, 2.05) is 25.1 Å². The molecule has 21 heavy (non-hydrogen) atoms. The molecule has 0 aliphatic carbocycles. The quantitative estimate of drug-likeness (QED) is 0.680. The highest BCUT2D eigenvalue weighted by Gasteiger charge is 2.06. The Labute approximate surface area is 122 Å². The molecule has 0 saturated heterocycles. The lowest BCUT2D eigenvalue weighted by atomic mass is 10.2. The van der Waals surface area contributed by atoms with E-state index in [9.17, 15) is 9.59 Å². The number of hydrogen-bond acceptors (Lipinski definition) is 3. The van der Waals surface area contributed by atoms with E-state index in [4.69, 9.17) is 5.11 Å². The maximum absolute atomic E-state index is 11.6. The van der Waals surface area contributed by atoms with Crippen molar-refractivity contribution in [1.82, 2.24) is 15.3 Å². The second-order valence-corrected chi connectivity index (χ2v) is 5.08. The van der Waals surface area contributed by atoms with Gasteiger partial charge in [0.1, 0.15) is 5.82 Å². The standard InChI is InChI=1S/C15H19N3O3/c1-10-6-7-11-12(8-10)18-13(17-11)9-16-14(19)4-2-3-5-15(20)21/h6-8H,2-5,9H2,1H3,(H,16,19)(H,17,18)(H,20,21). The van der Waals surface area contributed by atoms with Crippen LogP contribution in [0.5, 0.6) is 0 Å². The lowest BCUT2D eigenvalue weighted by Gasteiger charge is -2.02. The number of nitrogens with zero attached hydrogens (tertiary/aromatic N) is 1. The summed E-state index contributed by atoms with van der Waals surface area (Å²) in [6, 6.07) is 5.95. The van der Waals surface area contributed by atoms with Crippen LogP contribution >= 0.6 is 0 Å². The number of amides is 1. The molecule has 0 aliphatic heterocycles. The number of aromatic amines is 1. The molecule has 3 N–H and O–H groups in total. The minimum absolute atomic E-state index is 0.0861. The number of H-pyrrole nitrogens is 1. The van der Waals surface area contributed by atoms with Gasteiger partial charge in [-0.2, -0.15) is 0 Å². The van der Waals surface area contributed by atoms with Crippen LogP contribution in [0.1, 0.15) is 37.1 Å². The molecule has 1 heterocycles. The second-order valence-electron chi connectivity index (χ2n) is 5.08. The highest BCUT2D eigenvalue weighted by Crippen LogP contribution is 2.13. The minimum atomic E-state index is -0.826. The highest BCUT2D eigenvalue weighted by molar-refractivity contribution is 5.77. The molecule has 112 valence electrons. The molecule has 0 fully saturated rings. The van der Waals surface area contributed by atoms with E-state index in [1.165, 1.54) is 0 Å². The number of aliphatic carboxylic acids is 1. The molecular formula is C15H19N3O3. The Morgan fingerprint density at radius 1 is 1.29 bits per heavy atom. The third-order valence-corrected chi connectivity index (χ3v) is 3.18. The number of carbonyl (C=O) groups is 2. The highest BCUT2D eigenvalue weighted by atomic mass is 16.4. The molecule has 0 radical (unpaired) electrons. The second kappa shape index (κ2) is 6.88. The monoisotopic (exact) mass is 289 g/mol. The van der Waals surface area contributed by atoms with Gasteiger partial charge in [-0.1, -0.05) is 6.07 Å². The Hall–Kier alpha value is -2.37. The molecule has 1 amide bonds. The number of nitrogens with one attached hydrogen (secondary N) is 2. The Morgan fingerprint density at radius 3 is 2.81 bits per heavy atom. The average Bonchev–Trinajstić information content (AvgIpc) is 2.83. The fourth-order valence-corrected chi connectivity index (χ4v) is 2.09. The van der Waals surface area contributed by atoms with Crippen LogP contribution in [-0.4, -0.2) is 27.0 Å². The van der Waals surface area contributed by atoms with Gasteiger partial charge in [-0.25, -0.2) is 4.98 Å². The van der Waals surface area contributed by atoms with E-state index in [2.05, 4.69) is 15.3 Å². The number of fused-ring (bicyclic) bond motifs is 1. The molecule has 2 rings (SSSR count). The van der Waals surface area contributed by atoms with Crippen molar-refractivity contribution >= 4 is 22.9 Å². The van der Waals surface area contributed by atoms with Crippen LogP contribution in [0.25, 0.3) is 11.0 Å². The predicted molar refractivity (Wildman–Crippen MR) is 78.8 cm³/mol. The first-order valence-electron chi connectivity index (χ1n) is 6.98. The molecule has 0 spiro atoms. The summed E-state index contributed by atoms with van der Waals surface area (Å²) in [5.41, 5.74) is 2.99. The molecule has 1 aromatic carbocycles. The molecule has 6 heteroatoms. The van der Waals surface area contributed by atoms with E-state index in [-0.39, 0.29) is 12.3 Å². The number of carboxylic acids is 1. The summed E-state index contributed by atoms with van der Waals surface area (Å²) in [7, 11) is 0. The third kappa shape index (κ3) is 4.59. The molecule has 0 unspecified atom stereocenters. The van der Waals surface area contributed by atoms with Gasteiger partial charge in [0.2, 0.25) is 5.91 Å². The molecule has 0 saturated carbocycles. The Balaban J connectivity index is 1.78. The zero-order valence-electron chi connectivity index (χ0n) is 12.0. The fourth-order valence-electron chi connectivity index (χ4n) is 2.09. The van der Waals surface area contributed by atoms with Gasteiger partial charge in [-0.15, -0.1) is 0 Å². The summed E-state index contributed by atoms with van der Waals surface area (Å²) in [6.45, 7) is 2.37. The summed E-state index contributed by atoms with van der Waals surface area (Å²) in [5, 5.41) is 11.3. The van der Waals surface area contributed by atoms with Crippen molar-refractivity contribution in [2.24, 2.45) is 0 Å². The van der Waals surface area contributed by atoms with Crippen LogP contribution in [0.3, 0.4) is 0 Å². The van der Waals surface area contributed by atoms with Crippen molar-refractivity contribution in [2.45, 2.75) is 39.2 Å². The van der Waals surface area contributed by atoms with Crippen LogP contribution < -0.4 is 5.32 Å². The van der Waals surface area contributed by atoms with Gasteiger partial charge in [0.25, 0.3) is 0 Å². The van der Waals surface area contributed by atoms with Gasteiger partial charge in [0.05, 0.1) is 17.6 Å². The van der Waals surface area contributed by atoms with Gasteiger partial charge in [0.15, 0.2) is 0 Å². The normalized spacial score (nSPS) is 10.7. The van der Waals surface area contributed by atoms with Crippen LogP contribution in [0.4, 0.5) is 0 Å². The van der Waals surface area contributed by atoms with E-state index in [0.29, 0.717) is 25.8 Å². The molecule has 1 aromatic heterocycles. The topological polar surface area (TPSA) is 95.1 Å². The van der Waals surface area contributed by atoms with Crippen molar-refractivity contribution in [2.75, 3.05) is 0 Å². The Bertz CT molecular complexity index is 649. The van der Waals surface area contributed by atoms with Crippen molar-refractivity contribution < 1.29 is 14.7 Å². The minimum Gasteiger partial charge on any atom is -0.481 e. The largest absolute Gasteiger partial charge is 0.481 e. The Morgan fingerprint density at radius 2 is 2.05 bits per heavy atom. The number of imidazole rings is 1. The lowest BCUT2D eigenvalue weighted by Crippen LogP contribution is -2.23. The van der Waals surface area contributed by atoms with Crippen molar-refractivity contribution in [1.29, 1.82) is 0 Å². The first-order valence-corrected chi connectivity index (χ1v) is 6.98. The number of unbranched alkanes of at least 4 members (excludes halogenated alkanes) is 1. The summed E-state index contributed by atoms with van der Waals surface area (Å²) in [6.07, 6.45) is 1.55. The molecule has 0 bridgehead atoms. The molecule has 0 aliphatic rings. The van der Waals surface area contributed by atoms with E-state index in [1.54, 1.807) is 0 Å². The lowest BCUT2D eigenvalue weighted by molar-refractivity contribution is -0.137. The van der Waals surface area contributed by atoms with E-state index >= 15 is 0 Å². The first-order chi connectivity index (χ1) is 10.0. The van der Waals surface area contributed by atoms with Crippen LogP contribution in [0.2, 0.25) is 0 Å². The molecule has 6 nitrogen and oxygen atoms in total. The Kier molecular flexibility index (Phi) is 4.92. The van der Waals surface area contributed by atoms with Crippen molar-refractivity contribution in [3.8, 4) is 0 Å². The maximum Gasteiger partial charge on any atom is 0.303 e.